The number of rotatable bonds is 6. The lowest BCUT2D eigenvalue weighted by atomic mass is 10.2. The first-order valence-corrected chi connectivity index (χ1v) is 7.76. The Balaban J connectivity index is 2.15. The van der Waals surface area contributed by atoms with Crippen LogP contribution in [-0.2, 0) is 0 Å². The van der Waals surface area contributed by atoms with Crippen molar-refractivity contribution < 1.29 is 14.3 Å². The molecular weight excluding hydrogens is 353 g/mol. The summed E-state index contributed by atoms with van der Waals surface area (Å²) in [6.45, 7) is 2.34. The van der Waals surface area contributed by atoms with Gasteiger partial charge in [-0.15, -0.1) is 0 Å². The monoisotopic (exact) mass is 367 g/mol. The molecule has 0 aliphatic rings. The molecule has 0 aliphatic heterocycles. The van der Waals surface area contributed by atoms with E-state index in [-0.39, 0.29) is 10.7 Å². The van der Waals surface area contributed by atoms with Crippen LogP contribution in [0.15, 0.2) is 35.6 Å². The van der Waals surface area contributed by atoms with Crippen LogP contribution in [-0.4, -0.2) is 30.8 Å². The summed E-state index contributed by atoms with van der Waals surface area (Å²) < 4.78 is 10.7. The van der Waals surface area contributed by atoms with Gasteiger partial charge in [0.1, 0.15) is 5.15 Å². The van der Waals surface area contributed by atoms with Crippen LogP contribution in [0.25, 0.3) is 0 Å². The van der Waals surface area contributed by atoms with E-state index in [9.17, 15) is 4.79 Å². The minimum Gasteiger partial charge on any atom is -0.493 e. The van der Waals surface area contributed by atoms with E-state index < -0.39 is 5.91 Å². The maximum atomic E-state index is 12.0. The molecule has 0 fully saturated rings. The molecule has 2 rings (SSSR count). The summed E-state index contributed by atoms with van der Waals surface area (Å²) in [5.74, 6) is 0.580. The zero-order chi connectivity index (χ0) is 17.5. The van der Waals surface area contributed by atoms with Gasteiger partial charge in [0.15, 0.2) is 11.5 Å². The first kappa shape index (κ1) is 18.0. The number of amides is 1. The van der Waals surface area contributed by atoms with E-state index in [0.29, 0.717) is 28.7 Å². The van der Waals surface area contributed by atoms with Crippen molar-refractivity contribution in [3.05, 3.63) is 51.8 Å². The highest BCUT2D eigenvalue weighted by Gasteiger charge is 2.11. The zero-order valence-electron chi connectivity index (χ0n) is 13.0. The number of hydrogen-bond donors (Lipinski definition) is 1. The van der Waals surface area contributed by atoms with Crippen LogP contribution in [0, 0.1) is 0 Å². The minimum absolute atomic E-state index is 0.103. The molecule has 1 aromatic carbocycles. The van der Waals surface area contributed by atoms with Crippen LogP contribution >= 0.6 is 23.2 Å². The van der Waals surface area contributed by atoms with Gasteiger partial charge in [-0.25, -0.2) is 10.4 Å². The van der Waals surface area contributed by atoms with E-state index in [2.05, 4.69) is 15.5 Å². The van der Waals surface area contributed by atoms with E-state index >= 15 is 0 Å². The van der Waals surface area contributed by atoms with Crippen LogP contribution in [0.1, 0.15) is 22.8 Å². The number of hydrogen-bond acceptors (Lipinski definition) is 5. The first-order valence-electron chi connectivity index (χ1n) is 7.01. The molecule has 1 N–H and O–H groups in total. The van der Waals surface area contributed by atoms with Crippen molar-refractivity contribution >= 4 is 35.3 Å². The maximum Gasteiger partial charge on any atom is 0.274 e. The van der Waals surface area contributed by atoms with Gasteiger partial charge in [-0.2, -0.15) is 5.10 Å². The quantitative estimate of drug-likeness (QED) is 0.481. The minimum atomic E-state index is -0.473. The number of nitrogens with one attached hydrogen (secondary N) is 1. The van der Waals surface area contributed by atoms with Crippen molar-refractivity contribution in [2.24, 2.45) is 5.10 Å². The Hall–Kier alpha value is -2.31. The van der Waals surface area contributed by atoms with Crippen LogP contribution in [0.2, 0.25) is 10.2 Å². The second kappa shape index (κ2) is 8.52. The van der Waals surface area contributed by atoms with Crippen molar-refractivity contribution in [1.29, 1.82) is 0 Å². The predicted molar refractivity (Wildman–Crippen MR) is 93.5 cm³/mol. The summed E-state index contributed by atoms with van der Waals surface area (Å²) >= 11 is 12.0. The van der Waals surface area contributed by atoms with E-state index in [0.717, 1.165) is 0 Å². The predicted octanol–water partition coefficient (Wildman–Crippen LogP) is 3.56. The van der Waals surface area contributed by atoms with Crippen molar-refractivity contribution in [1.82, 2.24) is 10.4 Å². The fourth-order valence-corrected chi connectivity index (χ4v) is 2.26. The molecule has 0 aliphatic carbocycles. The molecule has 0 radical (unpaired) electrons. The molecule has 0 saturated carbocycles. The van der Waals surface area contributed by atoms with Crippen molar-refractivity contribution in [3.8, 4) is 11.5 Å². The Morgan fingerprint density at radius 2 is 2.17 bits per heavy atom. The third kappa shape index (κ3) is 4.37. The Kier molecular flexibility index (Phi) is 6.40. The summed E-state index contributed by atoms with van der Waals surface area (Å²) in [5, 5.41) is 4.40. The molecule has 126 valence electrons. The normalized spacial score (nSPS) is 10.7. The molecule has 0 saturated heterocycles. The number of halogens is 2. The zero-order valence-corrected chi connectivity index (χ0v) is 14.6. The highest BCUT2D eigenvalue weighted by Crippen LogP contribution is 2.32. The standard InChI is InChI=1S/C16H15Cl2N3O3/c1-3-24-14-7-10(12(17)8-13(14)23-2)9-20-21-16(22)11-5-4-6-19-15(11)18/h4-9H,3H2,1-2H3,(H,21,22). The van der Waals surface area contributed by atoms with Gasteiger partial charge >= 0.3 is 0 Å². The number of hydrazone groups is 1. The van der Waals surface area contributed by atoms with Crippen LogP contribution in [0.5, 0.6) is 11.5 Å². The van der Waals surface area contributed by atoms with E-state index in [4.69, 9.17) is 32.7 Å². The molecule has 2 aromatic rings. The molecule has 8 heteroatoms. The molecule has 1 amide bonds. The SMILES string of the molecule is CCOc1cc(C=NNC(=O)c2cccnc2Cl)c(Cl)cc1OC. The van der Waals surface area contributed by atoms with E-state index in [1.807, 2.05) is 6.92 Å². The molecule has 0 spiro atoms. The third-order valence-corrected chi connectivity index (χ3v) is 3.58. The summed E-state index contributed by atoms with van der Waals surface area (Å²) in [6.07, 6.45) is 2.90. The van der Waals surface area contributed by atoms with Gasteiger partial charge in [-0.1, -0.05) is 23.2 Å². The Morgan fingerprint density at radius 3 is 2.83 bits per heavy atom. The highest BCUT2D eigenvalue weighted by atomic mass is 35.5. The molecule has 1 aromatic heterocycles. The topological polar surface area (TPSA) is 72.8 Å². The lowest BCUT2D eigenvalue weighted by Crippen LogP contribution is -2.18. The van der Waals surface area contributed by atoms with E-state index in [1.165, 1.54) is 19.5 Å². The van der Waals surface area contributed by atoms with Gasteiger partial charge in [0.2, 0.25) is 0 Å². The third-order valence-electron chi connectivity index (χ3n) is 2.96. The Labute approximate surface area is 149 Å². The van der Waals surface area contributed by atoms with Gasteiger partial charge in [0.25, 0.3) is 5.91 Å². The van der Waals surface area contributed by atoms with Crippen molar-refractivity contribution in [2.45, 2.75) is 6.92 Å². The molecular formula is C16H15Cl2N3O3. The van der Waals surface area contributed by atoms with Crippen LogP contribution < -0.4 is 14.9 Å². The van der Waals surface area contributed by atoms with Crippen LogP contribution in [0.3, 0.4) is 0 Å². The highest BCUT2D eigenvalue weighted by molar-refractivity contribution is 6.33. The summed E-state index contributed by atoms with van der Waals surface area (Å²) in [7, 11) is 1.53. The summed E-state index contributed by atoms with van der Waals surface area (Å²) in [6, 6.07) is 6.46. The second-order valence-corrected chi connectivity index (χ2v) is 5.26. The molecule has 0 bridgehead atoms. The van der Waals surface area contributed by atoms with Gasteiger partial charge in [0, 0.05) is 17.8 Å². The molecule has 6 nitrogen and oxygen atoms in total. The largest absolute Gasteiger partial charge is 0.493 e. The van der Waals surface area contributed by atoms with Crippen molar-refractivity contribution in [2.75, 3.05) is 13.7 Å². The van der Waals surface area contributed by atoms with Gasteiger partial charge < -0.3 is 9.47 Å². The number of carbonyl (C=O) groups excluding carboxylic acids is 1. The summed E-state index contributed by atoms with van der Waals surface area (Å²) in [5.41, 5.74) is 3.17. The molecule has 0 unspecified atom stereocenters. The molecule has 1 heterocycles. The van der Waals surface area contributed by atoms with Gasteiger partial charge in [-0.3, -0.25) is 4.79 Å². The van der Waals surface area contributed by atoms with Gasteiger partial charge in [-0.05, 0) is 25.1 Å². The Morgan fingerprint density at radius 1 is 1.38 bits per heavy atom. The van der Waals surface area contributed by atoms with E-state index in [1.54, 1.807) is 24.3 Å². The fourth-order valence-electron chi connectivity index (χ4n) is 1.85. The second-order valence-electron chi connectivity index (χ2n) is 4.50. The van der Waals surface area contributed by atoms with Crippen LogP contribution in [0.4, 0.5) is 0 Å². The average molecular weight is 368 g/mol. The number of pyridine rings is 1. The number of nitrogens with zero attached hydrogens (tertiary/aromatic N) is 2. The molecule has 0 atom stereocenters. The number of benzene rings is 1. The molecule has 24 heavy (non-hydrogen) atoms. The fraction of sp³-hybridized carbons (Fsp3) is 0.188. The van der Waals surface area contributed by atoms with Crippen molar-refractivity contribution in [3.63, 3.8) is 0 Å². The number of ether oxygens (including phenoxy) is 2. The Bertz CT molecular complexity index is 766. The number of methoxy groups -OCH3 is 1. The lowest BCUT2D eigenvalue weighted by Gasteiger charge is -2.11. The first-order chi connectivity index (χ1) is 11.6. The maximum absolute atomic E-state index is 12.0. The summed E-state index contributed by atoms with van der Waals surface area (Å²) in [4.78, 5) is 15.8. The number of aromatic nitrogens is 1. The smallest absolute Gasteiger partial charge is 0.274 e. The number of carbonyl (C=O) groups is 1. The average Bonchev–Trinajstić information content (AvgIpc) is 2.57. The van der Waals surface area contributed by atoms with Gasteiger partial charge in [0.05, 0.1) is 30.5 Å². The lowest BCUT2D eigenvalue weighted by molar-refractivity contribution is 0.0955.